The Morgan fingerprint density at radius 1 is 0.815 bits per heavy atom. The lowest BCUT2D eigenvalue weighted by molar-refractivity contribution is -0.119. The largest absolute Gasteiger partial charge is 0.450 e. The number of ether oxygens (including phenoxy) is 1. The first-order valence-electron chi connectivity index (χ1n) is 10.9. The molecule has 0 fully saturated rings. The summed E-state index contributed by atoms with van der Waals surface area (Å²) in [5, 5.41) is 2.35. The number of alkyl carbamates (subject to hydrolysis) is 1. The Morgan fingerprint density at radius 2 is 1.33 bits per heavy atom. The number of nitrogens with two attached hydrogens (primary N) is 1. The van der Waals surface area contributed by atoms with E-state index in [2.05, 4.69) is 17.2 Å². The lowest BCUT2D eigenvalue weighted by atomic mass is 10.0. The van der Waals surface area contributed by atoms with Crippen molar-refractivity contribution in [3.8, 4) is 0 Å². The normalized spacial score (nSPS) is 11.4. The quantitative estimate of drug-likeness (QED) is 0.208. The average Bonchev–Trinajstić information content (AvgIpc) is 2.63. The molecule has 0 spiro atoms. The Hall–Kier alpha value is -1.59. The Kier molecular flexibility index (Phi) is 18.0. The molecule has 0 rings (SSSR count). The predicted molar refractivity (Wildman–Crippen MR) is 112 cm³/mol. The Bertz CT molecular complexity index is 411. The van der Waals surface area contributed by atoms with Crippen LogP contribution in [-0.2, 0) is 9.53 Å². The molecule has 0 aliphatic carbocycles. The van der Waals surface area contributed by atoms with E-state index in [-0.39, 0.29) is 5.96 Å². The molecule has 0 saturated carbocycles. The zero-order valence-electron chi connectivity index (χ0n) is 17.6. The second-order valence-corrected chi connectivity index (χ2v) is 7.04. The molecule has 6 nitrogen and oxygen atoms in total. The van der Waals surface area contributed by atoms with Gasteiger partial charge in [0.2, 0.25) is 0 Å². The number of nitrogens with one attached hydrogen (secondary N) is 1. The standard InChI is InChI=1S/C21H41N3O3/c1-3-5-6-7-8-9-10-11-13-16-19(25)17-14-12-15-18-23-20(22)24-21(26)27-4-2/h3-18H2,1-2H3,(H3,22,23,24,26). The van der Waals surface area contributed by atoms with Crippen molar-refractivity contribution in [1.82, 2.24) is 5.32 Å². The van der Waals surface area contributed by atoms with E-state index in [4.69, 9.17) is 10.5 Å². The predicted octanol–water partition coefficient (Wildman–Crippen LogP) is 5.10. The molecule has 0 aromatic rings. The molecule has 0 aliphatic rings. The van der Waals surface area contributed by atoms with Gasteiger partial charge in [-0.1, -0.05) is 64.7 Å². The summed E-state index contributed by atoms with van der Waals surface area (Å²) in [5.41, 5.74) is 5.57. The number of guanidine groups is 1. The number of unbranched alkanes of at least 4 members (excludes halogenated alkanes) is 10. The third kappa shape index (κ3) is 19.0. The number of hydrogen-bond donors (Lipinski definition) is 2. The molecule has 0 bridgehead atoms. The number of ketones is 1. The van der Waals surface area contributed by atoms with Crippen LogP contribution in [0.1, 0.15) is 104 Å². The zero-order valence-corrected chi connectivity index (χ0v) is 17.6. The molecular weight excluding hydrogens is 342 g/mol. The number of nitrogens with zero attached hydrogens (tertiary/aromatic N) is 1. The van der Waals surface area contributed by atoms with Gasteiger partial charge in [0, 0.05) is 19.4 Å². The highest BCUT2D eigenvalue weighted by Gasteiger charge is 2.03. The lowest BCUT2D eigenvalue weighted by Crippen LogP contribution is -2.37. The van der Waals surface area contributed by atoms with Crippen LogP contribution in [0.25, 0.3) is 0 Å². The van der Waals surface area contributed by atoms with E-state index in [0.29, 0.717) is 25.4 Å². The van der Waals surface area contributed by atoms with E-state index in [0.717, 1.165) is 32.1 Å². The van der Waals surface area contributed by atoms with Gasteiger partial charge in [-0.15, -0.1) is 0 Å². The van der Waals surface area contributed by atoms with Gasteiger partial charge < -0.3 is 10.5 Å². The molecule has 0 aromatic carbocycles. The number of carbonyl (C=O) groups excluding carboxylic acids is 2. The van der Waals surface area contributed by atoms with Crippen LogP contribution in [0.5, 0.6) is 0 Å². The summed E-state index contributed by atoms with van der Waals surface area (Å²) in [4.78, 5) is 27.1. The van der Waals surface area contributed by atoms with Gasteiger partial charge in [-0.3, -0.25) is 15.1 Å². The second-order valence-electron chi connectivity index (χ2n) is 7.04. The second kappa shape index (κ2) is 19.2. The molecule has 158 valence electrons. The molecular formula is C21H41N3O3. The van der Waals surface area contributed by atoms with Crippen molar-refractivity contribution in [2.45, 2.75) is 104 Å². The van der Waals surface area contributed by atoms with E-state index in [1.54, 1.807) is 6.92 Å². The number of aliphatic imine (C=N–C) groups is 1. The van der Waals surface area contributed by atoms with Gasteiger partial charge in [-0.2, -0.15) is 0 Å². The number of rotatable bonds is 17. The van der Waals surface area contributed by atoms with Gasteiger partial charge in [-0.05, 0) is 26.2 Å². The first kappa shape index (κ1) is 25.4. The highest BCUT2D eigenvalue weighted by Crippen LogP contribution is 2.12. The Morgan fingerprint density at radius 3 is 1.89 bits per heavy atom. The van der Waals surface area contributed by atoms with Crippen molar-refractivity contribution >= 4 is 17.8 Å². The summed E-state index contributed by atoms with van der Waals surface area (Å²) < 4.78 is 4.71. The first-order valence-corrected chi connectivity index (χ1v) is 10.9. The van der Waals surface area contributed by atoms with Gasteiger partial charge in [-0.25, -0.2) is 4.79 Å². The Balaban J connectivity index is 3.42. The number of hydrogen-bond acceptors (Lipinski definition) is 4. The molecule has 0 heterocycles. The topological polar surface area (TPSA) is 93.8 Å². The van der Waals surface area contributed by atoms with E-state index >= 15 is 0 Å². The van der Waals surface area contributed by atoms with Gasteiger partial charge in [0.05, 0.1) is 6.61 Å². The maximum Gasteiger partial charge on any atom is 0.413 e. The maximum absolute atomic E-state index is 11.9. The molecule has 0 aromatic heterocycles. The third-order valence-electron chi connectivity index (χ3n) is 4.46. The molecule has 0 saturated heterocycles. The molecule has 0 radical (unpaired) electrons. The lowest BCUT2D eigenvalue weighted by Gasteiger charge is -2.04. The Labute approximate surface area is 165 Å². The highest BCUT2D eigenvalue weighted by molar-refractivity contribution is 5.92. The van der Waals surface area contributed by atoms with E-state index < -0.39 is 6.09 Å². The molecule has 3 N–H and O–H groups in total. The monoisotopic (exact) mass is 383 g/mol. The summed E-state index contributed by atoms with van der Waals surface area (Å²) >= 11 is 0. The van der Waals surface area contributed by atoms with Crippen LogP contribution in [0, 0.1) is 0 Å². The minimum Gasteiger partial charge on any atom is -0.450 e. The van der Waals surface area contributed by atoms with Crippen molar-refractivity contribution in [2.24, 2.45) is 10.7 Å². The van der Waals surface area contributed by atoms with Crippen LogP contribution in [0.2, 0.25) is 0 Å². The maximum atomic E-state index is 11.9. The van der Waals surface area contributed by atoms with Crippen LogP contribution in [0.4, 0.5) is 4.79 Å². The molecule has 0 atom stereocenters. The summed E-state index contributed by atoms with van der Waals surface area (Å²) in [5.74, 6) is 0.458. The van der Waals surface area contributed by atoms with Crippen molar-refractivity contribution in [1.29, 1.82) is 0 Å². The van der Waals surface area contributed by atoms with Crippen LogP contribution in [0.15, 0.2) is 4.99 Å². The van der Waals surface area contributed by atoms with E-state index in [9.17, 15) is 9.59 Å². The molecule has 27 heavy (non-hydrogen) atoms. The zero-order chi connectivity index (χ0) is 20.2. The average molecular weight is 384 g/mol. The van der Waals surface area contributed by atoms with Crippen molar-refractivity contribution in [3.63, 3.8) is 0 Å². The summed E-state index contributed by atoms with van der Waals surface area (Å²) in [7, 11) is 0. The van der Waals surface area contributed by atoms with Crippen LogP contribution in [0.3, 0.4) is 0 Å². The fourth-order valence-electron chi connectivity index (χ4n) is 2.88. The van der Waals surface area contributed by atoms with Crippen molar-refractivity contribution in [2.75, 3.05) is 13.2 Å². The molecule has 1 amide bonds. The van der Waals surface area contributed by atoms with Gasteiger partial charge in [0.15, 0.2) is 5.96 Å². The van der Waals surface area contributed by atoms with Gasteiger partial charge >= 0.3 is 6.09 Å². The smallest absolute Gasteiger partial charge is 0.413 e. The van der Waals surface area contributed by atoms with Crippen molar-refractivity contribution < 1.29 is 14.3 Å². The summed E-state index contributed by atoms with van der Waals surface area (Å²) in [6.07, 6.45) is 15.0. The van der Waals surface area contributed by atoms with E-state index in [1.807, 2.05) is 0 Å². The fraction of sp³-hybridized carbons (Fsp3) is 0.857. The molecule has 0 aliphatic heterocycles. The number of carbonyl (C=O) groups is 2. The van der Waals surface area contributed by atoms with Crippen LogP contribution < -0.4 is 11.1 Å². The van der Waals surface area contributed by atoms with Gasteiger partial charge in [0.1, 0.15) is 5.78 Å². The van der Waals surface area contributed by atoms with Crippen LogP contribution in [-0.4, -0.2) is 31.0 Å². The fourth-order valence-corrected chi connectivity index (χ4v) is 2.88. The summed E-state index contributed by atoms with van der Waals surface area (Å²) in [6.45, 7) is 4.81. The van der Waals surface area contributed by atoms with E-state index in [1.165, 1.54) is 51.4 Å². The third-order valence-corrected chi connectivity index (χ3v) is 4.46. The number of amides is 1. The minimum atomic E-state index is -0.583. The summed E-state index contributed by atoms with van der Waals surface area (Å²) in [6, 6.07) is 0. The molecule has 0 unspecified atom stereocenters. The first-order chi connectivity index (χ1) is 13.1. The SMILES string of the molecule is CCCCCCCCCCCC(=O)CCCCCN=C(N)NC(=O)OCC. The minimum absolute atomic E-state index is 0.0786. The molecule has 6 heteroatoms. The van der Waals surface area contributed by atoms with Crippen molar-refractivity contribution in [3.05, 3.63) is 0 Å². The number of Topliss-reactive ketones (excluding diaryl/α,β-unsaturated/α-hetero) is 1. The van der Waals surface area contributed by atoms with Gasteiger partial charge in [0.25, 0.3) is 0 Å². The van der Waals surface area contributed by atoms with Crippen LogP contribution >= 0.6 is 0 Å². The highest BCUT2D eigenvalue weighted by atomic mass is 16.5.